The van der Waals surface area contributed by atoms with Gasteiger partial charge in [0.15, 0.2) is 0 Å². The van der Waals surface area contributed by atoms with E-state index in [2.05, 4.69) is 6.92 Å². The summed E-state index contributed by atoms with van der Waals surface area (Å²) in [4.78, 5) is 0. The van der Waals surface area contributed by atoms with Crippen LogP contribution in [-0.4, -0.2) is 19.4 Å². The molecule has 0 aromatic heterocycles. The van der Waals surface area contributed by atoms with Crippen LogP contribution >= 0.6 is 0 Å². The van der Waals surface area contributed by atoms with E-state index in [1.165, 1.54) is 0 Å². The van der Waals surface area contributed by atoms with E-state index in [1.807, 2.05) is 0 Å². The molecule has 1 radical (unpaired) electrons. The van der Waals surface area contributed by atoms with E-state index < -0.39 is 12.6 Å². The van der Waals surface area contributed by atoms with E-state index in [-0.39, 0.29) is 13.0 Å². The maximum atomic E-state index is 11.6. The summed E-state index contributed by atoms with van der Waals surface area (Å²) in [5.74, 6) is 0. The standard InChI is InChI=1S/C9H16F3O/c1-2-3-4-7-13-8-5-6-9(10,11)12/h1-8H2. The van der Waals surface area contributed by atoms with Crippen molar-refractivity contribution in [3.05, 3.63) is 6.92 Å². The first-order chi connectivity index (χ1) is 6.06. The molecule has 0 aliphatic heterocycles. The maximum absolute atomic E-state index is 11.6. The molecule has 0 aliphatic carbocycles. The van der Waals surface area contributed by atoms with E-state index >= 15 is 0 Å². The zero-order valence-electron chi connectivity index (χ0n) is 7.70. The minimum atomic E-state index is -4.04. The molecule has 0 bridgehead atoms. The van der Waals surface area contributed by atoms with Crippen LogP contribution < -0.4 is 0 Å². The second-order valence-electron chi connectivity index (χ2n) is 2.89. The van der Waals surface area contributed by atoms with E-state index in [9.17, 15) is 13.2 Å². The summed E-state index contributed by atoms with van der Waals surface area (Å²) in [6, 6.07) is 0. The number of alkyl halides is 3. The van der Waals surface area contributed by atoms with Crippen molar-refractivity contribution in [1.29, 1.82) is 0 Å². The van der Waals surface area contributed by atoms with Crippen LogP contribution in [0.15, 0.2) is 0 Å². The van der Waals surface area contributed by atoms with Crippen molar-refractivity contribution >= 4 is 0 Å². The summed E-state index contributed by atoms with van der Waals surface area (Å²) in [7, 11) is 0. The number of rotatable bonds is 7. The molecule has 0 N–H and O–H groups in total. The molecule has 0 aromatic rings. The Hall–Kier alpha value is -0.250. The van der Waals surface area contributed by atoms with Crippen molar-refractivity contribution in [3.63, 3.8) is 0 Å². The Balaban J connectivity index is 3.00. The molecule has 0 atom stereocenters. The van der Waals surface area contributed by atoms with Crippen molar-refractivity contribution < 1.29 is 17.9 Å². The molecule has 79 valence electrons. The summed E-state index contributed by atoms with van der Waals surface area (Å²) in [6.45, 7) is 4.40. The SMILES string of the molecule is [CH2]CCCCOCCCC(F)(F)F. The van der Waals surface area contributed by atoms with Gasteiger partial charge in [0.25, 0.3) is 0 Å². The number of unbranched alkanes of at least 4 members (excludes halogenated alkanes) is 2. The van der Waals surface area contributed by atoms with Crippen LogP contribution in [0.4, 0.5) is 13.2 Å². The predicted octanol–water partition coefficient (Wildman–Crippen LogP) is 3.35. The maximum Gasteiger partial charge on any atom is 0.389 e. The highest BCUT2D eigenvalue weighted by Crippen LogP contribution is 2.20. The molecule has 4 heteroatoms. The Bertz CT molecular complexity index is 112. The quantitative estimate of drug-likeness (QED) is 0.569. The summed E-state index contributed by atoms with van der Waals surface area (Å²) < 4.78 is 39.9. The molecule has 0 rings (SSSR count). The lowest BCUT2D eigenvalue weighted by Gasteiger charge is -2.06. The molecular weight excluding hydrogens is 181 g/mol. The highest BCUT2D eigenvalue weighted by molar-refractivity contribution is 4.49. The molecule has 0 heterocycles. The van der Waals surface area contributed by atoms with Gasteiger partial charge in [-0.3, -0.25) is 0 Å². The van der Waals surface area contributed by atoms with Gasteiger partial charge in [-0.25, -0.2) is 0 Å². The van der Waals surface area contributed by atoms with Crippen molar-refractivity contribution in [2.24, 2.45) is 0 Å². The van der Waals surface area contributed by atoms with Crippen LogP contribution in [0.2, 0.25) is 0 Å². The van der Waals surface area contributed by atoms with E-state index in [4.69, 9.17) is 4.74 Å². The van der Waals surface area contributed by atoms with Gasteiger partial charge in [0.2, 0.25) is 0 Å². The molecule has 0 aliphatic rings. The first kappa shape index (κ1) is 12.8. The summed E-state index contributed by atoms with van der Waals surface area (Å²) in [6.07, 6.45) is -2.02. The van der Waals surface area contributed by atoms with Crippen molar-refractivity contribution in [1.82, 2.24) is 0 Å². The second kappa shape index (κ2) is 7.18. The smallest absolute Gasteiger partial charge is 0.381 e. The molecule has 0 spiro atoms. The summed E-state index contributed by atoms with van der Waals surface area (Å²) in [5, 5.41) is 0. The van der Waals surface area contributed by atoms with Crippen LogP contribution in [-0.2, 0) is 4.74 Å². The van der Waals surface area contributed by atoms with Crippen LogP contribution in [0, 0.1) is 6.92 Å². The number of halogens is 3. The summed E-state index contributed by atoms with van der Waals surface area (Å²) >= 11 is 0. The molecule has 0 aromatic carbocycles. The van der Waals surface area contributed by atoms with Gasteiger partial charge in [0, 0.05) is 19.6 Å². The van der Waals surface area contributed by atoms with Gasteiger partial charge < -0.3 is 4.74 Å². The van der Waals surface area contributed by atoms with Crippen molar-refractivity contribution in [2.75, 3.05) is 13.2 Å². The van der Waals surface area contributed by atoms with Gasteiger partial charge in [-0.15, -0.1) is 0 Å². The second-order valence-corrected chi connectivity index (χ2v) is 2.89. The minimum absolute atomic E-state index is 0.0634. The van der Waals surface area contributed by atoms with E-state index in [0.29, 0.717) is 6.61 Å². The molecule has 0 saturated heterocycles. The van der Waals surface area contributed by atoms with Gasteiger partial charge in [-0.05, 0) is 12.8 Å². The highest BCUT2D eigenvalue weighted by atomic mass is 19.4. The lowest BCUT2D eigenvalue weighted by molar-refractivity contribution is -0.137. The molecule has 0 amide bonds. The molecule has 0 fully saturated rings. The van der Waals surface area contributed by atoms with Gasteiger partial charge in [-0.1, -0.05) is 19.8 Å². The lowest BCUT2D eigenvalue weighted by atomic mass is 10.3. The van der Waals surface area contributed by atoms with Gasteiger partial charge in [0.05, 0.1) is 0 Å². The average Bonchev–Trinajstić information content (AvgIpc) is 2.01. The Morgan fingerprint density at radius 1 is 1.00 bits per heavy atom. The Kier molecular flexibility index (Phi) is 7.04. The minimum Gasteiger partial charge on any atom is -0.381 e. The normalized spacial score (nSPS) is 12.0. The zero-order valence-corrected chi connectivity index (χ0v) is 7.70. The third kappa shape index (κ3) is 11.8. The highest BCUT2D eigenvalue weighted by Gasteiger charge is 2.25. The average molecular weight is 197 g/mol. The molecule has 0 saturated carbocycles. The summed E-state index contributed by atoms with van der Waals surface area (Å²) in [5.41, 5.74) is 0. The number of hydrogen-bond acceptors (Lipinski definition) is 1. The molecular formula is C9H16F3O. The monoisotopic (exact) mass is 197 g/mol. The van der Waals surface area contributed by atoms with Crippen LogP contribution in [0.1, 0.15) is 32.1 Å². The van der Waals surface area contributed by atoms with Crippen molar-refractivity contribution in [3.8, 4) is 0 Å². The largest absolute Gasteiger partial charge is 0.389 e. The zero-order chi connectivity index (χ0) is 10.2. The predicted molar refractivity (Wildman–Crippen MR) is 45.3 cm³/mol. The number of hydrogen-bond donors (Lipinski definition) is 0. The van der Waals surface area contributed by atoms with Crippen LogP contribution in [0.5, 0.6) is 0 Å². The fourth-order valence-corrected chi connectivity index (χ4v) is 0.858. The molecule has 0 unspecified atom stereocenters. The fraction of sp³-hybridized carbons (Fsp3) is 0.889. The Morgan fingerprint density at radius 3 is 2.15 bits per heavy atom. The molecule has 1 nitrogen and oxygen atoms in total. The van der Waals surface area contributed by atoms with E-state index in [0.717, 1.165) is 19.3 Å². The first-order valence-corrected chi connectivity index (χ1v) is 4.50. The van der Waals surface area contributed by atoms with Crippen LogP contribution in [0.25, 0.3) is 0 Å². The Morgan fingerprint density at radius 2 is 1.62 bits per heavy atom. The van der Waals surface area contributed by atoms with E-state index in [1.54, 1.807) is 0 Å². The van der Waals surface area contributed by atoms with Crippen molar-refractivity contribution in [2.45, 2.75) is 38.3 Å². The van der Waals surface area contributed by atoms with Gasteiger partial charge in [0.1, 0.15) is 0 Å². The third-order valence-corrected chi connectivity index (χ3v) is 1.54. The Labute approximate surface area is 77.3 Å². The van der Waals surface area contributed by atoms with Gasteiger partial charge >= 0.3 is 6.18 Å². The number of ether oxygens (including phenoxy) is 1. The lowest BCUT2D eigenvalue weighted by Crippen LogP contribution is -2.09. The molecule has 13 heavy (non-hydrogen) atoms. The van der Waals surface area contributed by atoms with Crippen LogP contribution in [0.3, 0.4) is 0 Å². The first-order valence-electron chi connectivity index (χ1n) is 4.50. The topological polar surface area (TPSA) is 9.23 Å². The van der Waals surface area contributed by atoms with Gasteiger partial charge in [-0.2, -0.15) is 13.2 Å². The fourth-order valence-electron chi connectivity index (χ4n) is 0.858. The third-order valence-electron chi connectivity index (χ3n) is 1.54.